The second-order valence-corrected chi connectivity index (χ2v) is 4.35. The van der Waals surface area contributed by atoms with Gasteiger partial charge >= 0.3 is 0 Å². The van der Waals surface area contributed by atoms with Gasteiger partial charge in [-0.3, -0.25) is 0 Å². The highest BCUT2D eigenvalue weighted by Gasteiger charge is 2.03. The van der Waals surface area contributed by atoms with E-state index in [9.17, 15) is 0 Å². The van der Waals surface area contributed by atoms with Gasteiger partial charge in [-0.15, -0.1) is 0 Å². The van der Waals surface area contributed by atoms with Crippen LogP contribution in [0.4, 0.5) is 0 Å². The SMILES string of the molecule is CCCNCCCc1cccc(Cl)c1Cl. The molecule has 0 amide bonds. The van der Waals surface area contributed by atoms with Crippen molar-refractivity contribution in [2.45, 2.75) is 26.2 Å². The lowest BCUT2D eigenvalue weighted by Gasteiger charge is -2.06. The minimum atomic E-state index is 0.649. The van der Waals surface area contributed by atoms with Gasteiger partial charge in [-0.1, -0.05) is 42.3 Å². The average Bonchev–Trinajstić information content (AvgIpc) is 2.24. The molecule has 0 radical (unpaired) electrons. The van der Waals surface area contributed by atoms with Crippen LogP contribution in [-0.2, 0) is 6.42 Å². The molecule has 1 nitrogen and oxygen atoms in total. The van der Waals surface area contributed by atoms with Crippen molar-refractivity contribution in [2.24, 2.45) is 0 Å². The van der Waals surface area contributed by atoms with Crippen LogP contribution in [0.3, 0.4) is 0 Å². The topological polar surface area (TPSA) is 12.0 Å². The van der Waals surface area contributed by atoms with Crippen LogP contribution in [0.25, 0.3) is 0 Å². The van der Waals surface area contributed by atoms with E-state index < -0.39 is 0 Å². The lowest BCUT2D eigenvalue weighted by molar-refractivity contribution is 0.640. The Labute approximate surface area is 102 Å². The van der Waals surface area contributed by atoms with Crippen molar-refractivity contribution in [3.05, 3.63) is 33.8 Å². The first kappa shape index (κ1) is 12.8. The first-order chi connectivity index (χ1) is 7.25. The number of nitrogens with one attached hydrogen (secondary N) is 1. The molecule has 0 unspecified atom stereocenters. The molecule has 0 aromatic heterocycles. The van der Waals surface area contributed by atoms with Gasteiger partial charge in [-0.25, -0.2) is 0 Å². The molecule has 0 bridgehead atoms. The van der Waals surface area contributed by atoms with Crippen LogP contribution in [0.15, 0.2) is 18.2 Å². The highest BCUT2D eigenvalue weighted by atomic mass is 35.5. The van der Waals surface area contributed by atoms with E-state index in [4.69, 9.17) is 23.2 Å². The maximum Gasteiger partial charge on any atom is 0.0624 e. The molecule has 0 aliphatic heterocycles. The lowest BCUT2D eigenvalue weighted by atomic mass is 10.1. The maximum atomic E-state index is 6.08. The first-order valence-corrected chi connectivity index (χ1v) is 6.15. The van der Waals surface area contributed by atoms with Gasteiger partial charge in [0.15, 0.2) is 0 Å². The fourth-order valence-corrected chi connectivity index (χ4v) is 1.86. The fourth-order valence-electron chi connectivity index (χ4n) is 1.45. The summed E-state index contributed by atoms with van der Waals surface area (Å²) in [7, 11) is 0. The van der Waals surface area contributed by atoms with E-state index in [0.717, 1.165) is 31.5 Å². The summed E-state index contributed by atoms with van der Waals surface area (Å²) in [4.78, 5) is 0. The summed E-state index contributed by atoms with van der Waals surface area (Å²) in [6, 6.07) is 5.81. The standard InChI is InChI=1S/C12H17Cl2N/c1-2-8-15-9-4-6-10-5-3-7-11(13)12(10)14/h3,5,7,15H,2,4,6,8-9H2,1H3. The van der Waals surface area contributed by atoms with Crippen molar-refractivity contribution < 1.29 is 0 Å². The molecular formula is C12H17Cl2N. The second-order valence-electron chi connectivity index (χ2n) is 3.57. The highest BCUT2D eigenvalue weighted by Crippen LogP contribution is 2.26. The summed E-state index contributed by atoms with van der Waals surface area (Å²) in [5.41, 5.74) is 1.14. The van der Waals surface area contributed by atoms with Crippen LogP contribution in [0.2, 0.25) is 10.0 Å². The first-order valence-electron chi connectivity index (χ1n) is 5.39. The second kappa shape index (κ2) is 7.10. The Morgan fingerprint density at radius 3 is 2.73 bits per heavy atom. The molecule has 84 valence electrons. The number of benzene rings is 1. The Morgan fingerprint density at radius 2 is 2.00 bits per heavy atom. The predicted molar refractivity (Wildman–Crippen MR) is 67.9 cm³/mol. The summed E-state index contributed by atoms with van der Waals surface area (Å²) in [5, 5.41) is 4.72. The predicted octanol–water partition coefficient (Wildman–Crippen LogP) is 3.93. The third-order valence-corrected chi connectivity index (χ3v) is 3.12. The van der Waals surface area contributed by atoms with Crippen LogP contribution < -0.4 is 5.32 Å². The van der Waals surface area contributed by atoms with Crippen molar-refractivity contribution >= 4 is 23.2 Å². The number of rotatable bonds is 6. The quantitative estimate of drug-likeness (QED) is 0.750. The molecule has 3 heteroatoms. The molecule has 0 saturated carbocycles. The van der Waals surface area contributed by atoms with E-state index >= 15 is 0 Å². The number of halogens is 2. The third-order valence-electron chi connectivity index (χ3n) is 2.26. The largest absolute Gasteiger partial charge is 0.317 e. The minimum Gasteiger partial charge on any atom is -0.317 e. The van der Waals surface area contributed by atoms with E-state index in [-0.39, 0.29) is 0 Å². The van der Waals surface area contributed by atoms with E-state index in [2.05, 4.69) is 12.2 Å². The fraction of sp³-hybridized carbons (Fsp3) is 0.500. The van der Waals surface area contributed by atoms with E-state index in [1.54, 1.807) is 0 Å². The van der Waals surface area contributed by atoms with Gasteiger partial charge in [0.05, 0.1) is 10.0 Å². The molecule has 0 aliphatic rings. The van der Waals surface area contributed by atoms with Crippen molar-refractivity contribution in [3.8, 4) is 0 Å². The van der Waals surface area contributed by atoms with E-state index in [1.807, 2.05) is 18.2 Å². The lowest BCUT2D eigenvalue weighted by Crippen LogP contribution is -2.16. The molecule has 15 heavy (non-hydrogen) atoms. The molecule has 0 fully saturated rings. The van der Waals surface area contributed by atoms with E-state index in [1.165, 1.54) is 6.42 Å². The number of aryl methyl sites for hydroxylation is 1. The Morgan fingerprint density at radius 1 is 1.20 bits per heavy atom. The number of hydrogen-bond acceptors (Lipinski definition) is 1. The van der Waals surface area contributed by atoms with Crippen LogP contribution in [-0.4, -0.2) is 13.1 Å². The molecule has 1 N–H and O–H groups in total. The molecule has 0 saturated heterocycles. The van der Waals surface area contributed by atoms with Gasteiger partial charge in [-0.05, 0) is 44.0 Å². The van der Waals surface area contributed by atoms with Crippen molar-refractivity contribution in [1.82, 2.24) is 5.32 Å². The monoisotopic (exact) mass is 245 g/mol. The molecule has 1 aromatic carbocycles. The Kier molecular flexibility index (Phi) is 6.07. The van der Waals surface area contributed by atoms with Gasteiger partial charge in [0, 0.05) is 0 Å². The Balaban J connectivity index is 2.34. The molecule has 1 aromatic rings. The summed E-state index contributed by atoms with van der Waals surface area (Å²) < 4.78 is 0. The molecule has 0 spiro atoms. The normalized spacial score (nSPS) is 10.6. The Hall–Kier alpha value is -0.240. The average molecular weight is 246 g/mol. The summed E-state index contributed by atoms with van der Waals surface area (Å²) in [6.07, 6.45) is 3.26. The van der Waals surface area contributed by atoms with Crippen LogP contribution in [0, 0.1) is 0 Å². The zero-order valence-corrected chi connectivity index (χ0v) is 10.5. The summed E-state index contributed by atoms with van der Waals surface area (Å²) >= 11 is 12.0. The zero-order chi connectivity index (χ0) is 11.1. The molecule has 0 heterocycles. The summed E-state index contributed by atoms with van der Waals surface area (Å²) in [5.74, 6) is 0. The molecule has 0 aliphatic carbocycles. The van der Waals surface area contributed by atoms with Crippen molar-refractivity contribution in [3.63, 3.8) is 0 Å². The van der Waals surface area contributed by atoms with Gasteiger partial charge in [0.1, 0.15) is 0 Å². The van der Waals surface area contributed by atoms with E-state index in [0.29, 0.717) is 10.0 Å². The highest BCUT2D eigenvalue weighted by molar-refractivity contribution is 6.42. The van der Waals surface area contributed by atoms with Crippen LogP contribution in [0.5, 0.6) is 0 Å². The molecule has 0 atom stereocenters. The zero-order valence-electron chi connectivity index (χ0n) is 9.02. The smallest absolute Gasteiger partial charge is 0.0624 e. The van der Waals surface area contributed by atoms with Crippen molar-refractivity contribution in [1.29, 1.82) is 0 Å². The third kappa shape index (κ3) is 4.42. The Bertz CT molecular complexity index is 300. The van der Waals surface area contributed by atoms with Gasteiger partial charge in [0.2, 0.25) is 0 Å². The maximum absolute atomic E-state index is 6.08. The number of hydrogen-bond donors (Lipinski definition) is 1. The van der Waals surface area contributed by atoms with Crippen LogP contribution >= 0.6 is 23.2 Å². The van der Waals surface area contributed by atoms with Crippen molar-refractivity contribution in [2.75, 3.05) is 13.1 Å². The van der Waals surface area contributed by atoms with Gasteiger partial charge < -0.3 is 5.32 Å². The van der Waals surface area contributed by atoms with Crippen LogP contribution in [0.1, 0.15) is 25.3 Å². The molecular weight excluding hydrogens is 229 g/mol. The molecule has 1 rings (SSSR count). The summed E-state index contributed by atoms with van der Waals surface area (Å²) in [6.45, 7) is 4.29. The minimum absolute atomic E-state index is 0.649. The van der Waals surface area contributed by atoms with Gasteiger partial charge in [-0.2, -0.15) is 0 Å². The van der Waals surface area contributed by atoms with Gasteiger partial charge in [0.25, 0.3) is 0 Å².